The van der Waals surface area contributed by atoms with Crippen molar-refractivity contribution in [2.24, 2.45) is 11.8 Å². The minimum atomic E-state index is 0.384. The van der Waals surface area contributed by atoms with E-state index in [-0.39, 0.29) is 0 Å². The zero-order valence-corrected chi connectivity index (χ0v) is 10.5. The predicted molar refractivity (Wildman–Crippen MR) is 67.3 cm³/mol. The van der Waals surface area contributed by atoms with Gasteiger partial charge in [0.15, 0.2) is 5.78 Å². The number of hydrogen-bond acceptors (Lipinski definition) is 1. The molecule has 90 valence electrons. The van der Waals surface area contributed by atoms with Crippen molar-refractivity contribution in [3.8, 4) is 0 Å². The lowest BCUT2D eigenvalue weighted by Crippen LogP contribution is -2.20. The van der Waals surface area contributed by atoms with Crippen LogP contribution in [0.3, 0.4) is 0 Å². The lowest BCUT2D eigenvalue weighted by molar-refractivity contribution is -0.120. The average Bonchev–Trinajstić information content (AvgIpc) is 2.63. The van der Waals surface area contributed by atoms with Crippen LogP contribution in [0.1, 0.15) is 64.7 Å². The molecule has 16 heavy (non-hydrogen) atoms. The highest BCUT2D eigenvalue weighted by atomic mass is 16.1. The number of unbranched alkanes of at least 4 members (excludes halogenated alkanes) is 3. The number of hydrogen-bond donors (Lipinski definition) is 0. The monoisotopic (exact) mass is 220 g/mol. The van der Waals surface area contributed by atoms with Crippen molar-refractivity contribution in [2.75, 3.05) is 0 Å². The second kappa shape index (κ2) is 5.65. The van der Waals surface area contributed by atoms with Crippen molar-refractivity contribution in [3.63, 3.8) is 0 Å². The summed E-state index contributed by atoms with van der Waals surface area (Å²) in [5.41, 5.74) is 1.17. The van der Waals surface area contributed by atoms with Gasteiger partial charge in [-0.15, -0.1) is 0 Å². The molecule has 1 fully saturated rings. The van der Waals surface area contributed by atoms with Crippen LogP contribution in [0.2, 0.25) is 0 Å². The van der Waals surface area contributed by atoms with Gasteiger partial charge in [0.05, 0.1) is 0 Å². The molecule has 0 heterocycles. The summed E-state index contributed by atoms with van der Waals surface area (Å²) in [5.74, 6) is 1.50. The molecule has 0 aromatic rings. The Labute approximate surface area is 99.3 Å². The summed E-state index contributed by atoms with van der Waals surface area (Å²) in [6.07, 6.45) is 13.5. The molecule has 0 aromatic heterocycles. The minimum Gasteiger partial charge on any atom is -0.294 e. The summed E-state index contributed by atoms with van der Waals surface area (Å²) in [5, 5.41) is 0. The van der Waals surface area contributed by atoms with Gasteiger partial charge in [0.1, 0.15) is 0 Å². The quantitative estimate of drug-likeness (QED) is 0.632. The van der Waals surface area contributed by atoms with Crippen LogP contribution < -0.4 is 0 Å². The molecule has 0 saturated heterocycles. The normalized spacial score (nSPS) is 29.1. The Morgan fingerprint density at radius 2 is 2.00 bits per heavy atom. The number of ketones is 1. The minimum absolute atomic E-state index is 0.384. The van der Waals surface area contributed by atoms with Gasteiger partial charge in [-0.3, -0.25) is 4.79 Å². The molecule has 0 radical (unpaired) electrons. The molecule has 2 aliphatic rings. The molecule has 2 atom stereocenters. The van der Waals surface area contributed by atoms with E-state index in [2.05, 4.69) is 13.0 Å². The SMILES string of the molecule is CCCCCCC1=CC2CCCCC2C1=O. The average molecular weight is 220 g/mol. The van der Waals surface area contributed by atoms with Crippen molar-refractivity contribution < 1.29 is 4.79 Å². The highest BCUT2D eigenvalue weighted by Crippen LogP contribution is 2.39. The topological polar surface area (TPSA) is 17.1 Å². The van der Waals surface area contributed by atoms with Gasteiger partial charge in [-0.1, -0.05) is 45.1 Å². The third kappa shape index (κ3) is 2.56. The summed E-state index contributed by atoms with van der Waals surface area (Å²) in [6, 6.07) is 0. The van der Waals surface area contributed by atoms with Crippen molar-refractivity contribution >= 4 is 5.78 Å². The van der Waals surface area contributed by atoms with Crippen LogP contribution in [0.4, 0.5) is 0 Å². The maximum absolute atomic E-state index is 12.1. The number of Topliss-reactive ketones (excluding diaryl/α,β-unsaturated/α-hetero) is 1. The zero-order valence-electron chi connectivity index (χ0n) is 10.5. The molecule has 0 N–H and O–H groups in total. The first kappa shape index (κ1) is 11.9. The Balaban J connectivity index is 1.83. The van der Waals surface area contributed by atoms with E-state index in [0.29, 0.717) is 17.6 Å². The summed E-state index contributed by atoms with van der Waals surface area (Å²) in [7, 11) is 0. The standard InChI is InChI=1S/C15H24O/c1-2-3-4-5-9-13-11-12-8-6-7-10-14(12)15(13)16/h11-12,14H,2-10H2,1H3. The highest BCUT2D eigenvalue weighted by Gasteiger charge is 2.36. The van der Waals surface area contributed by atoms with Gasteiger partial charge in [0.2, 0.25) is 0 Å². The van der Waals surface area contributed by atoms with Gasteiger partial charge >= 0.3 is 0 Å². The number of carbonyl (C=O) groups is 1. The highest BCUT2D eigenvalue weighted by molar-refractivity contribution is 5.99. The van der Waals surface area contributed by atoms with E-state index >= 15 is 0 Å². The third-order valence-corrected chi connectivity index (χ3v) is 4.19. The summed E-state index contributed by atoms with van der Waals surface area (Å²) in [4.78, 5) is 12.1. The molecule has 0 aliphatic heterocycles. The lowest BCUT2D eigenvalue weighted by atomic mass is 9.81. The fraction of sp³-hybridized carbons (Fsp3) is 0.800. The first-order chi connectivity index (χ1) is 7.83. The van der Waals surface area contributed by atoms with Gasteiger partial charge in [0, 0.05) is 5.92 Å². The van der Waals surface area contributed by atoms with E-state index in [0.717, 1.165) is 12.8 Å². The van der Waals surface area contributed by atoms with Crippen LogP contribution in [-0.4, -0.2) is 5.78 Å². The van der Waals surface area contributed by atoms with Crippen molar-refractivity contribution in [2.45, 2.75) is 64.7 Å². The van der Waals surface area contributed by atoms with Crippen LogP contribution in [0.25, 0.3) is 0 Å². The summed E-state index contributed by atoms with van der Waals surface area (Å²) < 4.78 is 0. The number of rotatable bonds is 5. The van der Waals surface area contributed by atoms with E-state index in [1.807, 2.05) is 0 Å². The Kier molecular flexibility index (Phi) is 4.20. The van der Waals surface area contributed by atoms with Gasteiger partial charge in [-0.2, -0.15) is 0 Å². The van der Waals surface area contributed by atoms with Crippen LogP contribution in [0.15, 0.2) is 11.6 Å². The van der Waals surface area contributed by atoms with Crippen LogP contribution in [0.5, 0.6) is 0 Å². The van der Waals surface area contributed by atoms with Crippen LogP contribution in [-0.2, 0) is 4.79 Å². The van der Waals surface area contributed by atoms with Crippen LogP contribution in [0, 0.1) is 11.8 Å². The van der Waals surface area contributed by atoms with Gasteiger partial charge in [-0.05, 0) is 37.2 Å². The van der Waals surface area contributed by atoms with Gasteiger partial charge < -0.3 is 0 Å². The molecule has 0 bridgehead atoms. The predicted octanol–water partition coefficient (Wildman–Crippen LogP) is 4.27. The Morgan fingerprint density at radius 3 is 2.75 bits per heavy atom. The number of carbonyl (C=O) groups excluding carboxylic acids is 1. The summed E-state index contributed by atoms with van der Waals surface area (Å²) >= 11 is 0. The zero-order chi connectivity index (χ0) is 11.4. The Hall–Kier alpha value is -0.590. The van der Waals surface area contributed by atoms with Gasteiger partial charge in [-0.25, -0.2) is 0 Å². The molecular formula is C15H24O. The largest absolute Gasteiger partial charge is 0.294 e. The second-order valence-electron chi connectivity index (χ2n) is 5.42. The number of fused-ring (bicyclic) bond motifs is 1. The van der Waals surface area contributed by atoms with Crippen molar-refractivity contribution in [1.29, 1.82) is 0 Å². The van der Waals surface area contributed by atoms with E-state index in [4.69, 9.17) is 0 Å². The molecular weight excluding hydrogens is 196 g/mol. The molecule has 2 aliphatic carbocycles. The third-order valence-electron chi connectivity index (χ3n) is 4.19. The van der Waals surface area contributed by atoms with Crippen molar-refractivity contribution in [3.05, 3.63) is 11.6 Å². The van der Waals surface area contributed by atoms with Crippen molar-refractivity contribution in [1.82, 2.24) is 0 Å². The maximum Gasteiger partial charge on any atom is 0.162 e. The fourth-order valence-corrected chi connectivity index (χ4v) is 3.21. The molecule has 2 rings (SSSR count). The number of allylic oxidation sites excluding steroid dienone is 2. The van der Waals surface area contributed by atoms with E-state index in [1.54, 1.807) is 0 Å². The fourth-order valence-electron chi connectivity index (χ4n) is 3.21. The van der Waals surface area contributed by atoms with E-state index in [9.17, 15) is 4.79 Å². The molecule has 0 aromatic carbocycles. The van der Waals surface area contributed by atoms with E-state index < -0.39 is 0 Å². The summed E-state index contributed by atoms with van der Waals surface area (Å²) in [6.45, 7) is 2.23. The Bertz CT molecular complexity index is 277. The molecule has 1 nitrogen and oxygen atoms in total. The second-order valence-corrected chi connectivity index (χ2v) is 5.42. The smallest absolute Gasteiger partial charge is 0.162 e. The molecule has 0 amide bonds. The first-order valence-corrected chi connectivity index (χ1v) is 7.08. The molecule has 2 unspecified atom stereocenters. The maximum atomic E-state index is 12.1. The van der Waals surface area contributed by atoms with Crippen LogP contribution >= 0.6 is 0 Å². The van der Waals surface area contributed by atoms with Gasteiger partial charge in [0.25, 0.3) is 0 Å². The molecule has 1 heteroatoms. The van der Waals surface area contributed by atoms with E-state index in [1.165, 1.54) is 50.5 Å². The molecule has 1 saturated carbocycles. The first-order valence-electron chi connectivity index (χ1n) is 7.08. The lowest BCUT2D eigenvalue weighted by Gasteiger charge is -2.22. The molecule has 0 spiro atoms. The Morgan fingerprint density at radius 1 is 1.19 bits per heavy atom.